The highest BCUT2D eigenvalue weighted by atomic mass is 15.2. The molecule has 0 radical (unpaired) electrons. The second-order valence-corrected chi connectivity index (χ2v) is 8.75. The second-order valence-electron chi connectivity index (χ2n) is 8.75. The molecule has 0 N–H and O–H groups in total. The number of likely N-dealkylation sites (tertiary alicyclic amines) is 1. The number of aryl methyl sites for hydroxylation is 1. The molecule has 0 spiro atoms. The zero-order valence-electron chi connectivity index (χ0n) is 18.3. The predicted molar refractivity (Wildman–Crippen MR) is 129 cm³/mol. The lowest BCUT2D eigenvalue weighted by Crippen LogP contribution is -2.36. The van der Waals surface area contributed by atoms with Crippen LogP contribution in [-0.2, 0) is 0 Å². The van der Waals surface area contributed by atoms with E-state index in [1.165, 1.54) is 29.5 Å². The number of aromatic nitrogens is 2. The van der Waals surface area contributed by atoms with Gasteiger partial charge in [0, 0.05) is 25.0 Å². The molecule has 1 aliphatic rings. The van der Waals surface area contributed by atoms with E-state index in [1.807, 2.05) is 0 Å². The van der Waals surface area contributed by atoms with Crippen LogP contribution in [0.15, 0.2) is 84.9 Å². The summed E-state index contributed by atoms with van der Waals surface area (Å²) in [7, 11) is 0. The Morgan fingerprint density at radius 1 is 0.806 bits per heavy atom. The number of rotatable bonds is 6. The minimum Gasteiger partial charge on any atom is -0.325 e. The molecule has 1 saturated heterocycles. The van der Waals surface area contributed by atoms with E-state index in [9.17, 15) is 0 Å². The van der Waals surface area contributed by atoms with Crippen molar-refractivity contribution >= 4 is 11.0 Å². The molecule has 0 atom stereocenters. The van der Waals surface area contributed by atoms with E-state index in [0.29, 0.717) is 12.0 Å². The van der Waals surface area contributed by atoms with E-state index in [2.05, 4.69) is 101 Å². The van der Waals surface area contributed by atoms with Gasteiger partial charge in [0.2, 0.25) is 0 Å². The first-order chi connectivity index (χ1) is 15.3. The van der Waals surface area contributed by atoms with Gasteiger partial charge in [0.15, 0.2) is 0 Å². The molecule has 0 bridgehead atoms. The molecule has 1 aromatic heterocycles. The first kappa shape index (κ1) is 20.0. The zero-order chi connectivity index (χ0) is 21.0. The lowest BCUT2D eigenvalue weighted by atomic mass is 9.88. The molecule has 3 heteroatoms. The van der Waals surface area contributed by atoms with Crippen molar-refractivity contribution in [1.82, 2.24) is 14.5 Å². The summed E-state index contributed by atoms with van der Waals surface area (Å²) in [4.78, 5) is 7.44. The van der Waals surface area contributed by atoms with Gasteiger partial charge in [-0.25, -0.2) is 4.98 Å². The molecule has 3 nitrogen and oxygen atoms in total. The Bertz CT molecular complexity index is 1070. The van der Waals surface area contributed by atoms with Crippen molar-refractivity contribution in [3.05, 3.63) is 102 Å². The Morgan fingerprint density at radius 3 is 2.03 bits per heavy atom. The fraction of sp³-hybridized carbons (Fsp3) is 0.321. The topological polar surface area (TPSA) is 21.1 Å². The predicted octanol–water partition coefficient (Wildman–Crippen LogP) is 6.20. The molecule has 3 aromatic carbocycles. The summed E-state index contributed by atoms with van der Waals surface area (Å²) >= 11 is 0. The fourth-order valence-corrected chi connectivity index (χ4v) is 5.24. The Balaban J connectivity index is 1.25. The number of piperidine rings is 1. The van der Waals surface area contributed by atoms with E-state index in [0.717, 1.165) is 37.4 Å². The van der Waals surface area contributed by atoms with Crippen LogP contribution in [-0.4, -0.2) is 34.1 Å². The molecule has 4 aromatic rings. The highest BCUT2D eigenvalue weighted by Gasteiger charge is 2.24. The average molecular weight is 410 g/mol. The highest BCUT2D eigenvalue weighted by Crippen LogP contribution is 2.31. The molecule has 1 aliphatic heterocycles. The number of nitrogens with zero attached hydrogens (tertiary/aromatic N) is 3. The third-order valence-electron chi connectivity index (χ3n) is 6.83. The number of hydrogen-bond donors (Lipinski definition) is 0. The average Bonchev–Trinajstić information content (AvgIpc) is 3.17. The van der Waals surface area contributed by atoms with Crippen LogP contribution in [0.5, 0.6) is 0 Å². The lowest BCUT2D eigenvalue weighted by molar-refractivity contribution is 0.183. The number of imidazole rings is 1. The zero-order valence-corrected chi connectivity index (χ0v) is 18.3. The largest absolute Gasteiger partial charge is 0.325 e. The monoisotopic (exact) mass is 409 g/mol. The Labute approximate surface area is 185 Å². The number of benzene rings is 3. The summed E-state index contributed by atoms with van der Waals surface area (Å²) < 4.78 is 2.48. The van der Waals surface area contributed by atoms with Gasteiger partial charge in [-0.1, -0.05) is 72.8 Å². The Hall–Kier alpha value is -2.91. The van der Waals surface area contributed by atoms with E-state index < -0.39 is 0 Å². The van der Waals surface area contributed by atoms with Crippen molar-refractivity contribution in [3.8, 4) is 0 Å². The van der Waals surface area contributed by atoms with Gasteiger partial charge in [0.25, 0.3) is 0 Å². The van der Waals surface area contributed by atoms with Crippen molar-refractivity contribution in [2.24, 2.45) is 0 Å². The summed E-state index contributed by atoms with van der Waals surface area (Å²) in [6.07, 6.45) is 3.55. The summed E-state index contributed by atoms with van der Waals surface area (Å²) in [6.45, 7) is 5.61. The second kappa shape index (κ2) is 9.07. The van der Waals surface area contributed by atoms with Gasteiger partial charge in [-0.3, -0.25) is 0 Å². The van der Waals surface area contributed by atoms with Crippen LogP contribution in [0.3, 0.4) is 0 Å². The van der Waals surface area contributed by atoms with Crippen molar-refractivity contribution in [1.29, 1.82) is 0 Å². The van der Waals surface area contributed by atoms with E-state index in [1.54, 1.807) is 0 Å². The van der Waals surface area contributed by atoms with Gasteiger partial charge in [0.05, 0.1) is 11.0 Å². The minimum atomic E-state index is 0.458. The molecular formula is C28H31N3. The molecule has 5 rings (SSSR count). The molecule has 0 saturated carbocycles. The molecule has 2 heterocycles. The van der Waals surface area contributed by atoms with Gasteiger partial charge in [-0.05, 0) is 56.0 Å². The summed E-state index contributed by atoms with van der Waals surface area (Å²) in [5.74, 6) is 1.60. The molecular weight excluding hydrogens is 378 g/mol. The fourth-order valence-electron chi connectivity index (χ4n) is 5.24. The maximum atomic E-state index is 4.78. The van der Waals surface area contributed by atoms with E-state index in [-0.39, 0.29) is 0 Å². The van der Waals surface area contributed by atoms with Crippen molar-refractivity contribution in [2.75, 3.05) is 19.6 Å². The minimum absolute atomic E-state index is 0.458. The van der Waals surface area contributed by atoms with Crippen LogP contribution in [0.1, 0.15) is 48.2 Å². The normalized spacial score (nSPS) is 15.7. The quantitative estimate of drug-likeness (QED) is 0.378. The third-order valence-corrected chi connectivity index (χ3v) is 6.83. The van der Waals surface area contributed by atoms with Gasteiger partial charge >= 0.3 is 0 Å². The molecule has 158 valence electrons. The van der Waals surface area contributed by atoms with Crippen LogP contribution < -0.4 is 0 Å². The third kappa shape index (κ3) is 4.28. The summed E-state index contributed by atoms with van der Waals surface area (Å²) in [6, 6.07) is 31.1. The summed E-state index contributed by atoms with van der Waals surface area (Å²) in [5, 5.41) is 0. The standard InChI is InChI=1S/C28H31N3/c1-22-29-27-14-8-9-15-28(27)31(22)25-16-19-30(20-17-25)21-18-26(23-10-4-2-5-11-23)24-12-6-3-7-13-24/h2-15,25-26H,16-21H2,1H3. The van der Waals surface area contributed by atoms with E-state index in [4.69, 9.17) is 4.98 Å². The van der Waals surface area contributed by atoms with Crippen LogP contribution >= 0.6 is 0 Å². The van der Waals surface area contributed by atoms with Crippen LogP contribution in [0.25, 0.3) is 11.0 Å². The van der Waals surface area contributed by atoms with Gasteiger partial charge in [-0.2, -0.15) is 0 Å². The molecule has 0 aliphatic carbocycles. The number of hydrogen-bond acceptors (Lipinski definition) is 2. The van der Waals surface area contributed by atoms with Gasteiger partial charge in [-0.15, -0.1) is 0 Å². The van der Waals surface area contributed by atoms with Crippen LogP contribution in [0, 0.1) is 6.92 Å². The first-order valence-electron chi connectivity index (χ1n) is 11.6. The maximum absolute atomic E-state index is 4.78. The Morgan fingerprint density at radius 2 is 1.39 bits per heavy atom. The molecule has 0 unspecified atom stereocenters. The smallest absolute Gasteiger partial charge is 0.106 e. The van der Waals surface area contributed by atoms with E-state index >= 15 is 0 Å². The summed E-state index contributed by atoms with van der Waals surface area (Å²) in [5.41, 5.74) is 5.25. The highest BCUT2D eigenvalue weighted by molar-refractivity contribution is 5.76. The van der Waals surface area contributed by atoms with Gasteiger partial charge < -0.3 is 9.47 Å². The van der Waals surface area contributed by atoms with Crippen molar-refractivity contribution < 1.29 is 0 Å². The SMILES string of the molecule is Cc1nc2ccccc2n1C1CCN(CCC(c2ccccc2)c2ccccc2)CC1. The van der Waals surface area contributed by atoms with Crippen molar-refractivity contribution in [2.45, 2.75) is 38.1 Å². The number of fused-ring (bicyclic) bond motifs is 1. The maximum Gasteiger partial charge on any atom is 0.106 e. The van der Waals surface area contributed by atoms with Crippen LogP contribution in [0.4, 0.5) is 0 Å². The lowest BCUT2D eigenvalue weighted by Gasteiger charge is -2.34. The molecule has 0 amide bonds. The molecule has 1 fully saturated rings. The first-order valence-corrected chi connectivity index (χ1v) is 11.6. The van der Waals surface area contributed by atoms with Crippen LogP contribution in [0.2, 0.25) is 0 Å². The van der Waals surface area contributed by atoms with Gasteiger partial charge in [0.1, 0.15) is 5.82 Å². The Kier molecular flexibility index (Phi) is 5.86. The number of para-hydroxylation sites is 2. The molecule has 31 heavy (non-hydrogen) atoms. The van der Waals surface area contributed by atoms with Crippen molar-refractivity contribution in [3.63, 3.8) is 0 Å².